The maximum atomic E-state index is 14.1. The SMILES string of the molecule is CCCNC(=O)C(Cc1ccccc1)N(Cc1ccc(Cl)cc1)C(=O)CN(c1ccc(C(C)(C)C)cc1)S(C)(=O)=O. The molecule has 0 aromatic heterocycles. The van der Waals surface area contributed by atoms with Gasteiger partial charge in [-0.3, -0.25) is 13.9 Å². The summed E-state index contributed by atoms with van der Waals surface area (Å²) in [5, 5.41) is 3.48. The van der Waals surface area contributed by atoms with Crippen LogP contribution in [0.15, 0.2) is 78.9 Å². The van der Waals surface area contributed by atoms with Crippen molar-refractivity contribution in [3.63, 3.8) is 0 Å². The van der Waals surface area contributed by atoms with Crippen molar-refractivity contribution >= 4 is 39.1 Å². The lowest BCUT2D eigenvalue weighted by Gasteiger charge is -2.33. The van der Waals surface area contributed by atoms with Crippen LogP contribution >= 0.6 is 11.6 Å². The van der Waals surface area contributed by atoms with Gasteiger partial charge < -0.3 is 10.2 Å². The first kappa shape index (κ1) is 32.2. The number of rotatable bonds is 12. The van der Waals surface area contributed by atoms with Gasteiger partial charge in [0.1, 0.15) is 12.6 Å². The van der Waals surface area contributed by atoms with Gasteiger partial charge in [-0.25, -0.2) is 8.42 Å². The third-order valence-corrected chi connectivity index (χ3v) is 8.18. The highest BCUT2D eigenvalue weighted by molar-refractivity contribution is 7.92. The summed E-state index contributed by atoms with van der Waals surface area (Å²) >= 11 is 6.10. The number of carbonyl (C=O) groups is 2. The fourth-order valence-corrected chi connectivity index (χ4v) is 5.42. The summed E-state index contributed by atoms with van der Waals surface area (Å²) in [7, 11) is -3.82. The number of nitrogens with one attached hydrogen (secondary N) is 1. The molecule has 1 unspecified atom stereocenters. The molecule has 0 radical (unpaired) electrons. The molecule has 0 heterocycles. The Hall–Kier alpha value is -3.36. The lowest BCUT2D eigenvalue weighted by atomic mass is 9.87. The molecule has 9 heteroatoms. The Labute approximate surface area is 249 Å². The van der Waals surface area contributed by atoms with Crippen molar-refractivity contribution in [2.45, 2.75) is 58.5 Å². The van der Waals surface area contributed by atoms with Gasteiger partial charge in [0.05, 0.1) is 11.9 Å². The largest absolute Gasteiger partial charge is 0.354 e. The Bertz CT molecular complexity index is 1400. The molecule has 0 aliphatic rings. The normalized spacial score (nSPS) is 12.4. The molecule has 3 aromatic rings. The van der Waals surface area contributed by atoms with Crippen LogP contribution in [0.1, 0.15) is 50.8 Å². The van der Waals surface area contributed by atoms with Gasteiger partial charge >= 0.3 is 0 Å². The van der Waals surface area contributed by atoms with Crippen molar-refractivity contribution in [1.29, 1.82) is 0 Å². The quantitative estimate of drug-likeness (QED) is 0.296. The number of sulfonamides is 1. The Morgan fingerprint density at radius 2 is 1.51 bits per heavy atom. The highest BCUT2D eigenvalue weighted by Crippen LogP contribution is 2.26. The molecule has 41 heavy (non-hydrogen) atoms. The van der Waals surface area contributed by atoms with Crippen molar-refractivity contribution in [2.75, 3.05) is 23.7 Å². The zero-order valence-corrected chi connectivity index (χ0v) is 26.0. The van der Waals surface area contributed by atoms with Gasteiger partial charge in [-0.15, -0.1) is 0 Å². The van der Waals surface area contributed by atoms with Gasteiger partial charge in [-0.1, -0.05) is 93.9 Å². The number of anilines is 1. The second-order valence-electron chi connectivity index (χ2n) is 11.2. The Morgan fingerprint density at radius 1 is 0.902 bits per heavy atom. The molecule has 0 bridgehead atoms. The highest BCUT2D eigenvalue weighted by Gasteiger charge is 2.33. The van der Waals surface area contributed by atoms with E-state index < -0.39 is 28.5 Å². The number of amides is 2. The molecular formula is C32H40ClN3O4S. The monoisotopic (exact) mass is 597 g/mol. The fourth-order valence-electron chi connectivity index (χ4n) is 4.45. The van der Waals surface area contributed by atoms with Crippen molar-refractivity contribution in [3.8, 4) is 0 Å². The molecule has 2 amide bonds. The number of nitrogens with zero attached hydrogens (tertiary/aromatic N) is 2. The minimum atomic E-state index is -3.82. The molecule has 0 aliphatic heterocycles. The summed E-state index contributed by atoms with van der Waals surface area (Å²) in [6.45, 7) is 8.29. The van der Waals surface area contributed by atoms with Crippen LogP contribution < -0.4 is 9.62 Å². The van der Waals surface area contributed by atoms with E-state index in [0.29, 0.717) is 17.3 Å². The Balaban J connectivity index is 2.03. The molecule has 0 fully saturated rings. The first-order chi connectivity index (χ1) is 19.3. The average molecular weight is 598 g/mol. The topological polar surface area (TPSA) is 86.8 Å². The van der Waals surface area contributed by atoms with E-state index in [9.17, 15) is 18.0 Å². The van der Waals surface area contributed by atoms with Crippen molar-refractivity contribution in [3.05, 3.63) is 101 Å². The van der Waals surface area contributed by atoms with Crippen LogP contribution in [0.4, 0.5) is 5.69 Å². The third-order valence-electron chi connectivity index (χ3n) is 6.79. The van der Waals surface area contributed by atoms with Gasteiger partial charge in [-0.05, 0) is 52.8 Å². The van der Waals surface area contributed by atoms with E-state index in [4.69, 9.17) is 11.6 Å². The fraction of sp³-hybridized carbons (Fsp3) is 0.375. The zero-order valence-electron chi connectivity index (χ0n) is 24.4. The molecule has 0 spiro atoms. The predicted molar refractivity (Wildman–Crippen MR) is 167 cm³/mol. The molecular weight excluding hydrogens is 558 g/mol. The van der Waals surface area contributed by atoms with Crippen molar-refractivity contribution < 1.29 is 18.0 Å². The first-order valence-electron chi connectivity index (χ1n) is 13.7. The maximum Gasteiger partial charge on any atom is 0.244 e. The lowest BCUT2D eigenvalue weighted by Crippen LogP contribution is -2.53. The number of halogens is 1. The van der Waals surface area contributed by atoms with E-state index in [1.807, 2.05) is 49.4 Å². The first-order valence-corrected chi connectivity index (χ1v) is 16.0. The molecule has 0 saturated carbocycles. The average Bonchev–Trinajstić information content (AvgIpc) is 2.92. The van der Waals surface area contributed by atoms with Crippen LogP contribution in [-0.2, 0) is 38.0 Å². The smallest absolute Gasteiger partial charge is 0.244 e. The highest BCUT2D eigenvalue weighted by atomic mass is 35.5. The van der Waals surface area contributed by atoms with Gasteiger partial charge in [0.2, 0.25) is 21.8 Å². The predicted octanol–water partition coefficient (Wildman–Crippen LogP) is 5.57. The van der Waals surface area contributed by atoms with Gasteiger partial charge in [-0.2, -0.15) is 0 Å². The molecule has 3 aromatic carbocycles. The lowest BCUT2D eigenvalue weighted by molar-refractivity contribution is -0.140. The molecule has 0 saturated heterocycles. The van der Waals surface area contributed by atoms with Crippen molar-refractivity contribution in [2.24, 2.45) is 0 Å². The molecule has 1 N–H and O–H groups in total. The molecule has 220 valence electrons. The van der Waals surface area contributed by atoms with Crippen LogP contribution in [0.25, 0.3) is 0 Å². The second-order valence-corrected chi connectivity index (χ2v) is 13.6. The molecule has 1 atom stereocenters. The number of hydrogen-bond donors (Lipinski definition) is 1. The summed E-state index contributed by atoms with van der Waals surface area (Å²) in [4.78, 5) is 29.1. The molecule has 0 aliphatic carbocycles. The second kappa shape index (κ2) is 14.0. The van der Waals surface area contributed by atoms with Crippen LogP contribution in [0.3, 0.4) is 0 Å². The van der Waals surface area contributed by atoms with Crippen molar-refractivity contribution in [1.82, 2.24) is 10.2 Å². The molecule has 7 nitrogen and oxygen atoms in total. The van der Waals surface area contributed by atoms with Gasteiger partial charge in [0.25, 0.3) is 0 Å². The van der Waals surface area contributed by atoms with E-state index in [0.717, 1.165) is 33.7 Å². The Morgan fingerprint density at radius 3 is 2.05 bits per heavy atom. The number of benzene rings is 3. The van der Waals surface area contributed by atoms with Crippen LogP contribution in [0, 0.1) is 0 Å². The van der Waals surface area contributed by atoms with Crippen LogP contribution in [-0.4, -0.2) is 50.5 Å². The minimum absolute atomic E-state index is 0.105. The van der Waals surface area contributed by atoms with Gasteiger partial charge in [0.15, 0.2) is 0 Å². The van der Waals surface area contributed by atoms with Gasteiger partial charge in [0, 0.05) is 24.5 Å². The summed E-state index contributed by atoms with van der Waals surface area (Å²) < 4.78 is 27.0. The van der Waals surface area contributed by atoms with E-state index in [1.165, 1.54) is 4.90 Å². The summed E-state index contributed by atoms with van der Waals surface area (Å²) in [5.74, 6) is -0.781. The maximum absolute atomic E-state index is 14.1. The Kier molecular flexibility index (Phi) is 11.0. The number of carbonyl (C=O) groups excluding carboxylic acids is 2. The number of hydrogen-bond acceptors (Lipinski definition) is 4. The molecule has 3 rings (SSSR count). The zero-order chi connectivity index (χ0) is 30.2. The van der Waals surface area contributed by atoms with Crippen LogP contribution in [0.5, 0.6) is 0 Å². The third kappa shape index (κ3) is 9.33. The van der Waals surface area contributed by atoms with E-state index in [2.05, 4.69) is 26.1 Å². The van der Waals surface area contributed by atoms with Crippen LogP contribution in [0.2, 0.25) is 5.02 Å². The van der Waals surface area contributed by atoms with E-state index >= 15 is 0 Å². The standard InChI is InChI=1S/C32H40ClN3O4S/c1-6-20-34-31(38)29(21-24-10-8-7-9-11-24)35(22-25-12-16-27(33)17-13-25)30(37)23-36(41(5,39)40)28-18-14-26(15-19-28)32(2,3)4/h7-19,29H,6,20-23H2,1-5H3,(H,34,38). The van der Waals surface area contributed by atoms with E-state index in [1.54, 1.807) is 36.4 Å². The summed E-state index contributed by atoms with van der Waals surface area (Å²) in [6.07, 6.45) is 2.09. The van der Waals surface area contributed by atoms with E-state index in [-0.39, 0.29) is 24.3 Å². The summed E-state index contributed by atoms with van der Waals surface area (Å²) in [5.41, 5.74) is 2.97. The minimum Gasteiger partial charge on any atom is -0.354 e. The summed E-state index contributed by atoms with van der Waals surface area (Å²) in [6, 6.07) is 22.8.